The molecule has 20 nitrogen and oxygen atoms in total. The Kier molecular flexibility index (Phi) is 20.3. The number of rotatable bonds is 24. The lowest BCUT2D eigenvalue weighted by atomic mass is 9.84. The summed E-state index contributed by atoms with van der Waals surface area (Å²) < 4.78 is 4.65. The Morgan fingerprint density at radius 2 is 1.34 bits per heavy atom. The van der Waals surface area contributed by atoms with E-state index in [2.05, 4.69) is 36.3 Å². The van der Waals surface area contributed by atoms with Gasteiger partial charge in [0.2, 0.25) is 29.5 Å². The van der Waals surface area contributed by atoms with Crippen LogP contribution in [0.3, 0.4) is 0 Å². The number of carboxylic acids is 2. The lowest BCUT2D eigenvalue weighted by Crippen LogP contribution is -2.62. The molecule has 2 rings (SSSR count). The summed E-state index contributed by atoms with van der Waals surface area (Å²) in [6, 6.07) is 1.66. The first-order chi connectivity index (χ1) is 28.5. The molecule has 0 radical (unpaired) electrons. The van der Waals surface area contributed by atoms with E-state index >= 15 is 0 Å². The molecule has 0 saturated carbocycles. The summed E-state index contributed by atoms with van der Waals surface area (Å²) in [6.45, 7) is 10.6. The smallest absolute Gasteiger partial charge is 0.451 e. The molecular formula is C40H57BN6O14. The Balaban J connectivity index is 2.44. The van der Waals surface area contributed by atoms with Gasteiger partial charge in [-0.3, -0.25) is 38.4 Å². The molecule has 0 aliphatic rings. The van der Waals surface area contributed by atoms with Crippen molar-refractivity contribution in [2.24, 2.45) is 11.3 Å². The van der Waals surface area contributed by atoms with Gasteiger partial charge in [-0.1, -0.05) is 58.9 Å². The molecule has 2 aromatic rings. The third-order valence-corrected chi connectivity index (χ3v) is 9.26. The molecule has 0 saturated heterocycles. The van der Waals surface area contributed by atoms with E-state index < -0.39 is 115 Å². The van der Waals surface area contributed by atoms with Crippen molar-refractivity contribution >= 4 is 54.5 Å². The SMILES string of the molecule is Cc1ccccc1C[C@H](NC(=O)[C@H](CCC(=O)O)NC(=O)[C@H](CC(=O)O)NC(=O)c1ccc(=O)oc1)C(=O)N[C@H](C(=O)N[C@@H](CC(C)C)C(=O)NCCCB(O)O)C(C)(C)C. The molecular weight excluding hydrogens is 799 g/mol. The second-order valence-electron chi connectivity index (χ2n) is 16.1. The van der Waals surface area contributed by atoms with Gasteiger partial charge >= 0.3 is 24.7 Å². The number of nitrogens with one attached hydrogen (secondary N) is 6. The first-order valence-corrected chi connectivity index (χ1v) is 19.7. The van der Waals surface area contributed by atoms with Crippen molar-refractivity contribution < 1.29 is 63.0 Å². The van der Waals surface area contributed by atoms with Gasteiger partial charge in [0.05, 0.1) is 12.0 Å². The van der Waals surface area contributed by atoms with Crippen LogP contribution in [0.5, 0.6) is 0 Å². The molecule has 1 heterocycles. The summed E-state index contributed by atoms with van der Waals surface area (Å²) in [7, 11) is -1.54. The number of hydrogen-bond acceptors (Lipinski definition) is 12. The van der Waals surface area contributed by atoms with Gasteiger partial charge in [0.1, 0.15) is 36.5 Å². The fraction of sp³-hybridized carbons (Fsp3) is 0.525. The zero-order valence-corrected chi connectivity index (χ0v) is 35.1. The summed E-state index contributed by atoms with van der Waals surface area (Å²) in [4.78, 5) is 116. The van der Waals surface area contributed by atoms with Crippen LogP contribution in [0.15, 0.2) is 51.9 Å². The topological polar surface area (TPSA) is 320 Å². The lowest BCUT2D eigenvalue weighted by Gasteiger charge is -2.33. The van der Waals surface area contributed by atoms with Crippen molar-refractivity contribution in [3.05, 3.63) is 69.8 Å². The maximum Gasteiger partial charge on any atom is 0.451 e. The van der Waals surface area contributed by atoms with Gasteiger partial charge in [0.25, 0.3) is 5.91 Å². The number of carbonyl (C=O) groups is 8. The Hall–Kier alpha value is -6.09. The molecule has 0 fully saturated rings. The van der Waals surface area contributed by atoms with Gasteiger partial charge in [-0.25, -0.2) is 4.79 Å². The lowest BCUT2D eigenvalue weighted by molar-refractivity contribution is -0.140. The molecule has 61 heavy (non-hydrogen) atoms. The van der Waals surface area contributed by atoms with Crippen molar-refractivity contribution in [3.8, 4) is 0 Å². The molecule has 6 amide bonds. The zero-order chi connectivity index (χ0) is 46.0. The number of hydrogen-bond donors (Lipinski definition) is 10. The van der Waals surface area contributed by atoms with Crippen molar-refractivity contribution in [3.63, 3.8) is 0 Å². The van der Waals surface area contributed by atoms with E-state index in [4.69, 9.17) is 10.0 Å². The van der Waals surface area contributed by atoms with E-state index in [0.29, 0.717) is 5.56 Å². The number of benzene rings is 1. The first-order valence-electron chi connectivity index (χ1n) is 19.7. The number of carbonyl (C=O) groups excluding carboxylic acids is 6. The predicted octanol–water partition coefficient (Wildman–Crippen LogP) is -0.361. The van der Waals surface area contributed by atoms with Gasteiger partial charge in [0, 0.05) is 25.5 Å². The van der Waals surface area contributed by atoms with E-state index in [1.165, 1.54) is 0 Å². The standard InChI is InChI=1S/C40H57BN6O14/c1-22(2)18-27(35(54)42-17-9-16-41(59)60)46-39(58)33(40(4,5)6)47-38(57)28(19-24-11-8-7-10-23(24)3)45-36(55)26(13-14-30(48)49)43-37(56)29(20-31(50)51)44-34(53)25-12-15-32(52)61-21-25/h7-8,10-12,15,21-22,26-29,33,59-60H,9,13-14,16-20H2,1-6H3,(H,42,54)(H,43,56)(H,44,53)(H,45,55)(H,46,58)(H,47,57)(H,48,49)(H,50,51)/t26-,27-,28-,29-,33+/m0/s1. The summed E-state index contributed by atoms with van der Waals surface area (Å²) >= 11 is 0. The molecule has 0 bridgehead atoms. The number of amides is 6. The summed E-state index contributed by atoms with van der Waals surface area (Å²) in [5, 5.41) is 52.3. The van der Waals surface area contributed by atoms with Gasteiger partial charge in [-0.05, 0) is 61.0 Å². The van der Waals surface area contributed by atoms with Crippen LogP contribution < -0.4 is 37.5 Å². The fourth-order valence-corrected chi connectivity index (χ4v) is 5.96. The highest BCUT2D eigenvalue weighted by atomic mass is 16.4. The minimum atomic E-state index is -1.80. The predicted molar refractivity (Wildman–Crippen MR) is 219 cm³/mol. The number of aliphatic carboxylic acids is 2. The number of aryl methyl sites for hydroxylation is 1. The maximum atomic E-state index is 14.3. The highest BCUT2D eigenvalue weighted by molar-refractivity contribution is 6.40. The Morgan fingerprint density at radius 1 is 0.738 bits per heavy atom. The van der Waals surface area contributed by atoms with Gasteiger partial charge in [0.15, 0.2) is 0 Å². The van der Waals surface area contributed by atoms with E-state index in [1.54, 1.807) is 52.0 Å². The molecule has 21 heteroatoms. The Bertz CT molecular complexity index is 1910. The molecule has 0 unspecified atom stereocenters. The van der Waals surface area contributed by atoms with Crippen molar-refractivity contribution in [2.75, 3.05) is 6.54 Å². The van der Waals surface area contributed by atoms with E-state index in [1.807, 2.05) is 13.8 Å². The first kappa shape index (κ1) is 51.1. The minimum Gasteiger partial charge on any atom is -0.481 e. The van der Waals surface area contributed by atoms with Gasteiger partial charge in [-0.2, -0.15) is 0 Å². The van der Waals surface area contributed by atoms with Crippen LogP contribution in [0.4, 0.5) is 0 Å². The molecule has 334 valence electrons. The zero-order valence-electron chi connectivity index (χ0n) is 35.1. The molecule has 0 aliphatic heterocycles. The van der Waals surface area contributed by atoms with E-state index in [-0.39, 0.29) is 43.6 Å². The van der Waals surface area contributed by atoms with Crippen molar-refractivity contribution in [2.45, 2.75) is 117 Å². The van der Waals surface area contributed by atoms with Crippen molar-refractivity contribution in [1.29, 1.82) is 0 Å². The average molecular weight is 857 g/mol. The Morgan fingerprint density at radius 3 is 1.90 bits per heavy atom. The fourth-order valence-electron chi connectivity index (χ4n) is 5.96. The van der Waals surface area contributed by atoms with E-state index in [0.717, 1.165) is 24.0 Å². The van der Waals surface area contributed by atoms with E-state index in [9.17, 15) is 53.4 Å². The normalized spacial score (nSPS) is 13.7. The molecule has 1 aromatic heterocycles. The van der Waals surface area contributed by atoms with Crippen LogP contribution in [0.2, 0.25) is 6.32 Å². The van der Waals surface area contributed by atoms with Crippen LogP contribution in [-0.2, 0) is 40.0 Å². The largest absolute Gasteiger partial charge is 0.481 e. The van der Waals surface area contributed by atoms with Crippen LogP contribution in [0.25, 0.3) is 0 Å². The second kappa shape index (κ2) is 24.2. The van der Waals surface area contributed by atoms with Gasteiger partial charge < -0.3 is 56.6 Å². The highest BCUT2D eigenvalue weighted by Gasteiger charge is 2.38. The van der Waals surface area contributed by atoms with Crippen LogP contribution in [0.1, 0.15) is 88.2 Å². The average Bonchev–Trinajstić information content (AvgIpc) is 3.16. The third-order valence-electron chi connectivity index (χ3n) is 9.26. The molecule has 0 spiro atoms. The maximum absolute atomic E-state index is 14.3. The Labute approximate surface area is 353 Å². The summed E-state index contributed by atoms with van der Waals surface area (Å²) in [5.74, 6) is -8.25. The monoisotopic (exact) mass is 856 g/mol. The number of carboxylic acid groups (broad SMARTS) is 2. The third kappa shape index (κ3) is 18.4. The minimum absolute atomic E-state index is 0.0214. The highest BCUT2D eigenvalue weighted by Crippen LogP contribution is 2.21. The van der Waals surface area contributed by atoms with Gasteiger partial charge in [-0.15, -0.1) is 0 Å². The van der Waals surface area contributed by atoms with Crippen molar-refractivity contribution in [1.82, 2.24) is 31.9 Å². The van der Waals surface area contributed by atoms with Crippen LogP contribution in [-0.4, -0.2) is 112 Å². The molecule has 5 atom stereocenters. The molecule has 10 N–H and O–H groups in total. The molecule has 0 aliphatic carbocycles. The second-order valence-corrected chi connectivity index (χ2v) is 16.1. The van der Waals surface area contributed by atoms with Crippen LogP contribution in [0, 0.1) is 18.3 Å². The summed E-state index contributed by atoms with van der Waals surface area (Å²) in [6.07, 6.45) is -1.01. The quantitative estimate of drug-likeness (QED) is 0.0477. The summed E-state index contributed by atoms with van der Waals surface area (Å²) in [5.41, 5.74) is -0.643. The van der Waals surface area contributed by atoms with Crippen LogP contribution >= 0.6 is 0 Å². The molecule has 1 aromatic carbocycles.